The highest BCUT2D eigenvalue weighted by atomic mass is 19.4. The zero-order valence-corrected chi connectivity index (χ0v) is 8.63. The lowest BCUT2D eigenvalue weighted by molar-refractivity contribution is -0.174. The number of halogens is 3. The zero-order chi connectivity index (χ0) is 12.6. The van der Waals surface area contributed by atoms with Crippen molar-refractivity contribution in [3.05, 3.63) is 12.2 Å². The van der Waals surface area contributed by atoms with Gasteiger partial charge in [0.2, 0.25) is 0 Å². The number of carbonyl (C=O) groups is 2. The monoisotopic (exact) mass is 239 g/mol. The van der Waals surface area contributed by atoms with Gasteiger partial charge in [0.15, 0.2) is 0 Å². The van der Waals surface area contributed by atoms with Crippen molar-refractivity contribution in [2.45, 2.75) is 19.5 Å². The number of ether oxygens (including phenoxy) is 1. The van der Waals surface area contributed by atoms with Crippen LogP contribution in [0.2, 0.25) is 0 Å². The van der Waals surface area contributed by atoms with Crippen molar-refractivity contribution < 1.29 is 27.5 Å². The molecule has 0 spiro atoms. The van der Waals surface area contributed by atoms with Gasteiger partial charge in [-0.05, 0) is 6.42 Å². The number of hydrogen-bond acceptors (Lipinski definition) is 3. The van der Waals surface area contributed by atoms with Crippen LogP contribution in [0.4, 0.5) is 13.2 Å². The van der Waals surface area contributed by atoms with Crippen molar-refractivity contribution in [2.24, 2.45) is 0 Å². The minimum Gasteiger partial charge on any atom is -0.460 e. The summed E-state index contributed by atoms with van der Waals surface area (Å²) in [7, 11) is 0. The summed E-state index contributed by atoms with van der Waals surface area (Å²) in [5.74, 6) is -3.08. The maximum atomic E-state index is 11.7. The molecule has 0 aromatic heterocycles. The highest BCUT2D eigenvalue weighted by Crippen LogP contribution is 2.13. The van der Waals surface area contributed by atoms with E-state index in [9.17, 15) is 22.8 Å². The summed E-state index contributed by atoms with van der Waals surface area (Å²) < 4.78 is 39.5. The van der Waals surface area contributed by atoms with Gasteiger partial charge in [-0.1, -0.05) is 19.1 Å². The van der Waals surface area contributed by atoms with Crippen LogP contribution >= 0.6 is 0 Å². The molecule has 0 aliphatic carbocycles. The predicted octanol–water partition coefficient (Wildman–Crippen LogP) is 1.17. The number of rotatable bonds is 5. The minimum absolute atomic E-state index is 0.0193. The number of alkyl halides is 3. The Morgan fingerprint density at radius 1 is 1.31 bits per heavy atom. The van der Waals surface area contributed by atoms with Gasteiger partial charge in [0.25, 0.3) is 0 Å². The van der Waals surface area contributed by atoms with Gasteiger partial charge in [-0.15, -0.1) is 0 Å². The average molecular weight is 239 g/mol. The average Bonchev–Trinajstić information content (AvgIpc) is 2.19. The molecule has 0 heterocycles. The third-order valence-electron chi connectivity index (χ3n) is 1.39. The fourth-order valence-electron chi connectivity index (χ4n) is 0.679. The second kappa shape index (κ2) is 6.86. The topological polar surface area (TPSA) is 55.4 Å². The molecule has 0 aromatic carbocycles. The second-order valence-electron chi connectivity index (χ2n) is 2.74. The lowest BCUT2D eigenvalue weighted by atomic mass is 10.4. The van der Waals surface area contributed by atoms with E-state index in [0.717, 1.165) is 6.42 Å². The lowest BCUT2D eigenvalue weighted by Crippen LogP contribution is -2.40. The SMILES string of the molecule is CC/C=C/COC(=O)CNC(=O)C(F)(F)F. The van der Waals surface area contributed by atoms with Gasteiger partial charge in [-0.3, -0.25) is 9.59 Å². The van der Waals surface area contributed by atoms with E-state index in [1.165, 1.54) is 5.32 Å². The van der Waals surface area contributed by atoms with Crippen LogP contribution in [0.1, 0.15) is 13.3 Å². The number of carbonyl (C=O) groups excluding carboxylic acids is 2. The van der Waals surface area contributed by atoms with Gasteiger partial charge < -0.3 is 10.1 Å². The Morgan fingerprint density at radius 3 is 2.44 bits per heavy atom. The molecule has 7 heteroatoms. The standard InChI is InChI=1S/C9H12F3NO3/c1-2-3-4-5-16-7(14)6-13-8(15)9(10,11)12/h3-4H,2,5-6H2,1H3,(H,13,15)/b4-3+. The highest BCUT2D eigenvalue weighted by molar-refractivity contribution is 5.85. The first kappa shape index (κ1) is 14.5. The normalized spacial score (nSPS) is 11.5. The quantitative estimate of drug-likeness (QED) is 0.579. The molecule has 4 nitrogen and oxygen atoms in total. The third-order valence-corrected chi connectivity index (χ3v) is 1.39. The third kappa shape index (κ3) is 6.86. The molecule has 0 saturated carbocycles. The summed E-state index contributed by atoms with van der Waals surface area (Å²) in [5, 5.41) is 1.40. The lowest BCUT2D eigenvalue weighted by Gasteiger charge is -2.06. The first-order valence-corrected chi connectivity index (χ1v) is 4.53. The molecule has 0 atom stereocenters. The Balaban J connectivity index is 3.74. The van der Waals surface area contributed by atoms with E-state index in [-0.39, 0.29) is 6.61 Å². The van der Waals surface area contributed by atoms with Crippen LogP contribution in [-0.2, 0) is 14.3 Å². The highest BCUT2D eigenvalue weighted by Gasteiger charge is 2.38. The molecule has 1 N–H and O–H groups in total. The van der Waals surface area contributed by atoms with Crippen molar-refractivity contribution in [2.75, 3.05) is 13.2 Å². The molecule has 0 saturated heterocycles. The maximum Gasteiger partial charge on any atom is 0.471 e. The number of hydrogen-bond donors (Lipinski definition) is 1. The first-order valence-electron chi connectivity index (χ1n) is 4.53. The van der Waals surface area contributed by atoms with Crippen molar-refractivity contribution in [1.82, 2.24) is 5.32 Å². The fourth-order valence-corrected chi connectivity index (χ4v) is 0.679. The number of allylic oxidation sites excluding steroid dienone is 1. The van der Waals surface area contributed by atoms with Crippen LogP contribution in [0.25, 0.3) is 0 Å². The van der Waals surface area contributed by atoms with E-state index in [2.05, 4.69) is 4.74 Å². The van der Waals surface area contributed by atoms with E-state index in [0.29, 0.717) is 0 Å². The smallest absolute Gasteiger partial charge is 0.460 e. The van der Waals surface area contributed by atoms with E-state index in [1.54, 1.807) is 12.2 Å². The largest absolute Gasteiger partial charge is 0.471 e. The maximum absolute atomic E-state index is 11.7. The Bertz CT molecular complexity index is 274. The Hall–Kier alpha value is -1.53. The van der Waals surface area contributed by atoms with Gasteiger partial charge in [-0.25, -0.2) is 0 Å². The summed E-state index contributed by atoms with van der Waals surface area (Å²) in [4.78, 5) is 21.1. The zero-order valence-electron chi connectivity index (χ0n) is 8.63. The summed E-state index contributed by atoms with van der Waals surface area (Å²) in [6.45, 7) is 1.06. The number of nitrogens with one attached hydrogen (secondary N) is 1. The van der Waals surface area contributed by atoms with Gasteiger partial charge in [0.05, 0.1) is 0 Å². The molecule has 16 heavy (non-hydrogen) atoms. The summed E-state index contributed by atoms with van der Waals surface area (Å²) in [6, 6.07) is 0. The van der Waals surface area contributed by atoms with Crippen LogP contribution in [0.15, 0.2) is 12.2 Å². The molecule has 1 amide bonds. The second-order valence-corrected chi connectivity index (χ2v) is 2.74. The van der Waals surface area contributed by atoms with Crippen molar-refractivity contribution in [3.63, 3.8) is 0 Å². The van der Waals surface area contributed by atoms with E-state index >= 15 is 0 Å². The van der Waals surface area contributed by atoms with E-state index < -0.39 is 24.6 Å². The van der Waals surface area contributed by atoms with Crippen LogP contribution in [0.3, 0.4) is 0 Å². The fraction of sp³-hybridized carbons (Fsp3) is 0.556. The molecule has 0 radical (unpaired) electrons. The van der Waals surface area contributed by atoms with Crippen molar-refractivity contribution in [1.29, 1.82) is 0 Å². The van der Waals surface area contributed by atoms with E-state index in [4.69, 9.17) is 0 Å². The van der Waals surface area contributed by atoms with Gasteiger partial charge >= 0.3 is 18.1 Å². The Labute approximate surface area is 90.5 Å². The molecule has 0 aromatic rings. The van der Waals surface area contributed by atoms with Gasteiger partial charge in [0, 0.05) is 0 Å². The van der Waals surface area contributed by atoms with Crippen molar-refractivity contribution >= 4 is 11.9 Å². The molecular formula is C9H12F3NO3. The minimum atomic E-state index is -4.98. The number of amides is 1. The summed E-state index contributed by atoms with van der Waals surface area (Å²) >= 11 is 0. The van der Waals surface area contributed by atoms with E-state index in [1.807, 2.05) is 6.92 Å². The van der Waals surface area contributed by atoms with Crippen LogP contribution in [0, 0.1) is 0 Å². The van der Waals surface area contributed by atoms with Crippen molar-refractivity contribution in [3.8, 4) is 0 Å². The predicted molar refractivity (Wildman–Crippen MR) is 49.5 cm³/mol. The number of esters is 1. The summed E-state index contributed by atoms with van der Waals surface area (Å²) in [5.41, 5.74) is 0. The van der Waals surface area contributed by atoms with Crippen LogP contribution in [0.5, 0.6) is 0 Å². The van der Waals surface area contributed by atoms with Gasteiger partial charge in [-0.2, -0.15) is 13.2 Å². The Morgan fingerprint density at radius 2 is 1.94 bits per heavy atom. The summed E-state index contributed by atoms with van der Waals surface area (Å²) in [6.07, 6.45) is -0.921. The Kier molecular flexibility index (Phi) is 6.21. The molecule has 0 aliphatic heterocycles. The first-order chi connectivity index (χ1) is 7.38. The molecule has 92 valence electrons. The van der Waals surface area contributed by atoms with Crippen LogP contribution < -0.4 is 5.32 Å². The van der Waals surface area contributed by atoms with Gasteiger partial charge in [0.1, 0.15) is 13.2 Å². The van der Waals surface area contributed by atoms with Crippen LogP contribution in [-0.4, -0.2) is 31.2 Å². The molecule has 0 fully saturated rings. The molecule has 0 unspecified atom stereocenters. The molecule has 0 aliphatic rings. The molecule has 0 rings (SSSR count). The molecule has 0 bridgehead atoms. The molecular weight excluding hydrogens is 227 g/mol.